The first kappa shape index (κ1) is 11.9. The summed E-state index contributed by atoms with van der Waals surface area (Å²) in [5.74, 6) is -0.582. The second-order valence-electron chi connectivity index (χ2n) is 3.20. The first-order valence-corrected chi connectivity index (χ1v) is 4.81. The van der Waals surface area contributed by atoms with E-state index in [2.05, 4.69) is 0 Å². The maximum Gasteiger partial charge on any atom is 0.338 e. The summed E-state index contributed by atoms with van der Waals surface area (Å²) >= 11 is 0. The van der Waals surface area contributed by atoms with Crippen LogP contribution >= 0.6 is 0 Å². The zero-order valence-electron chi connectivity index (χ0n) is 9.11. The van der Waals surface area contributed by atoms with Crippen molar-refractivity contribution < 1.29 is 14.3 Å². The monoisotopic (exact) mass is 217 g/mol. The van der Waals surface area contributed by atoms with Gasteiger partial charge in [0.25, 0.3) is 0 Å². The van der Waals surface area contributed by atoms with Gasteiger partial charge in [0.1, 0.15) is 0 Å². The van der Waals surface area contributed by atoms with Crippen LogP contribution in [-0.4, -0.2) is 18.9 Å². The molecule has 1 rings (SSSR count). The van der Waals surface area contributed by atoms with Crippen LogP contribution in [0, 0.1) is 18.3 Å². The number of nitriles is 1. The molecule has 0 spiro atoms. The molecule has 0 aliphatic carbocycles. The number of nitrogens with zero attached hydrogens (tertiary/aromatic N) is 1. The number of aldehydes is 1. The SMILES string of the molecule is CCOC(=O)c1cc(C#N)c(C)cc1C=O. The fraction of sp³-hybridized carbons (Fsp3) is 0.250. The van der Waals surface area contributed by atoms with Gasteiger partial charge in [-0.1, -0.05) is 0 Å². The minimum absolute atomic E-state index is 0.138. The molecule has 0 unspecified atom stereocenters. The molecule has 0 fully saturated rings. The van der Waals surface area contributed by atoms with Crippen LogP contribution < -0.4 is 0 Å². The molecule has 0 saturated carbocycles. The van der Waals surface area contributed by atoms with Gasteiger partial charge in [-0.05, 0) is 31.5 Å². The van der Waals surface area contributed by atoms with Crippen molar-refractivity contribution in [1.82, 2.24) is 0 Å². The Morgan fingerprint density at radius 1 is 1.56 bits per heavy atom. The van der Waals surface area contributed by atoms with Crippen molar-refractivity contribution in [2.75, 3.05) is 6.61 Å². The van der Waals surface area contributed by atoms with Crippen molar-refractivity contribution in [1.29, 1.82) is 5.26 Å². The van der Waals surface area contributed by atoms with Crippen LogP contribution in [0.5, 0.6) is 0 Å². The van der Waals surface area contributed by atoms with Crippen molar-refractivity contribution in [2.24, 2.45) is 0 Å². The van der Waals surface area contributed by atoms with Gasteiger partial charge in [-0.15, -0.1) is 0 Å². The third kappa shape index (κ3) is 2.26. The number of esters is 1. The normalized spacial score (nSPS) is 9.31. The van der Waals surface area contributed by atoms with E-state index in [0.29, 0.717) is 17.4 Å². The molecule has 16 heavy (non-hydrogen) atoms. The lowest BCUT2D eigenvalue weighted by Gasteiger charge is -2.06. The lowest BCUT2D eigenvalue weighted by Crippen LogP contribution is -2.09. The van der Waals surface area contributed by atoms with Crippen LogP contribution in [0.4, 0.5) is 0 Å². The molecule has 0 amide bonds. The van der Waals surface area contributed by atoms with Crippen LogP contribution in [-0.2, 0) is 4.74 Å². The molecule has 0 bridgehead atoms. The molecule has 1 aromatic rings. The van der Waals surface area contributed by atoms with E-state index in [1.807, 2.05) is 6.07 Å². The Balaban J connectivity index is 3.31. The quantitative estimate of drug-likeness (QED) is 0.572. The van der Waals surface area contributed by atoms with Gasteiger partial charge in [-0.25, -0.2) is 4.79 Å². The van der Waals surface area contributed by atoms with Crippen LogP contribution in [0.25, 0.3) is 0 Å². The summed E-state index contributed by atoms with van der Waals surface area (Å²) in [6.07, 6.45) is 0.584. The second kappa shape index (κ2) is 5.08. The summed E-state index contributed by atoms with van der Waals surface area (Å²) in [5.41, 5.74) is 1.42. The van der Waals surface area contributed by atoms with Gasteiger partial charge in [-0.3, -0.25) is 4.79 Å². The Morgan fingerprint density at radius 2 is 2.25 bits per heavy atom. The Labute approximate surface area is 93.5 Å². The zero-order chi connectivity index (χ0) is 12.1. The van der Waals surface area contributed by atoms with E-state index in [1.165, 1.54) is 12.1 Å². The fourth-order valence-corrected chi connectivity index (χ4v) is 1.33. The van der Waals surface area contributed by atoms with Crippen molar-refractivity contribution in [3.63, 3.8) is 0 Å². The Morgan fingerprint density at radius 3 is 2.75 bits per heavy atom. The molecule has 0 aliphatic rings. The van der Waals surface area contributed by atoms with Crippen LogP contribution in [0.2, 0.25) is 0 Å². The predicted molar refractivity (Wildman–Crippen MR) is 57.2 cm³/mol. The molecular formula is C12H11NO3. The number of rotatable bonds is 3. The molecule has 0 aromatic heterocycles. The van der Waals surface area contributed by atoms with Crippen LogP contribution in [0.15, 0.2) is 12.1 Å². The summed E-state index contributed by atoms with van der Waals surface area (Å²) in [4.78, 5) is 22.3. The minimum Gasteiger partial charge on any atom is -0.462 e. The van der Waals surface area contributed by atoms with Gasteiger partial charge in [0.2, 0.25) is 0 Å². The zero-order valence-corrected chi connectivity index (χ0v) is 9.11. The number of hydrogen-bond acceptors (Lipinski definition) is 4. The van der Waals surface area contributed by atoms with E-state index in [9.17, 15) is 9.59 Å². The number of hydrogen-bond donors (Lipinski definition) is 0. The summed E-state index contributed by atoms with van der Waals surface area (Å²) in [6, 6.07) is 4.86. The average molecular weight is 217 g/mol. The second-order valence-corrected chi connectivity index (χ2v) is 3.20. The summed E-state index contributed by atoms with van der Waals surface area (Å²) in [5, 5.41) is 8.83. The molecule has 0 saturated heterocycles. The maximum absolute atomic E-state index is 11.5. The van der Waals surface area contributed by atoms with Crippen molar-refractivity contribution in [3.05, 3.63) is 34.4 Å². The van der Waals surface area contributed by atoms with Crippen molar-refractivity contribution in [3.8, 4) is 6.07 Å². The average Bonchev–Trinajstić information content (AvgIpc) is 2.28. The van der Waals surface area contributed by atoms with E-state index in [0.717, 1.165) is 0 Å². The van der Waals surface area contributed by atoms with Gasteiger partial charge >= 0.3 is 5.97 Å². The summed E-state index contributed by atoms with van der Waals surface area (Å²) in [7, 11) is 0. The first-order valence-electron chi connectivity index (χ1n) is 4.81. The van der Waals surface area contributed by atoms with Gasteiger partial charge in [0, 0.05) is 5.56 Å². The third-order valence-corrected chi connectivity index (χ3v) is 2.14. The van der Waals surface area contributed by atoms with Gasteiger partial charge in [-0.2, -0.15) is 5.26 Å². The highest BCUT2D eigenvalue weighted by Gasteiger charge is 2.14. The molecule has 0 radical (unpaired) electrons. The summed E-state index contributed by atoms with van der Waals surface area (Å²) < 4.78 is 4.80. The van der Waals surface area contributed by atoms with E-state index < -0.39 is 5.97 Å². The number of aryl methyl sites for hydroxylation is 1. The minimum atomic E-state index is -0.582. The molecule has 1 aromatic carbocycles. The number of carbonyl (C=O) groups is 2. The summed E-state index contributed by atoms with van der Waals surface area (Å²) in [6.45, 7) is 3.62. The Kier molecular flexibility index (Phi) is 3.78. The van der Waals surface area contributed by atoms with E-state index in [1.54, 1.807) is 13.8 Å². The van der Waals surface area contributed by atoms with E-state index >= 15 is 0 Å². The predicted octanol–water partition coefficient (Wildman–Crippen LogP) is 1.86. The lowest BCUT2D eigenvalue weighted by atomic mass is 10.0. The highest BCUT2D eigenvalue weighted by molar-refractivity contribution is 5.98. The van der Waals surface area contributed by atoms with Crippen LogP contribution in [0.3, 0.4) is 0 Å². The Bertz CT molecular complexity index is 472. The van der Waals surface area contributed by atoms with E-state index in [-0.39, 0.29) is 17.7 Å². The first-order chi connectivity index (χ1) is 7.63. The molecule has 0 heterocycles. The van der Waals surface area contributed by atoms with Crippen molar-refractivity contribution >= 4 is 12.3 Å². The number of ether oxygens (including phenoxy) is 1. The van der Waals surface area contributed by atoms with Gasteiger partial charge < -0.3 is 4.74 Å². The molecule has 4 nitrogen and oxygen atoms in total. The van der Waals surface area contributed by atoms with Crippen LogP contribution in [0.1, 0.15) is 38.8 Å². The topological polar surface area (TPSA) is 67.2 Å². The Hall–Kier alpha value is -2.15. The molecule has 4 heteroatoms. The highest BCUT2D eigenvalue weighted by atomic mass is 16.5. The standard InChI is InChI=1S/C12H11NO3/c1-3-16-12(15)11-5-9(6-13)8(2)4-10(11)7-14/h4-5,7H,3H2,1-2H3. The molecule has 0 N–H and O–H groups in total. The number of benzene rings is 1. The van der Waals surface area contributed by atoms with Crippen molar-refractivity contribution in [2.45, 2.75) is 13.8 Å². The highest BCUT2D eigenvalue weighted by Crippen LogP contribution is 2.15. The molecule has 0 atom stereocenters. The molecule has 0 aliphatic heterocycles. The van der Waals surface area contributed by atoms with Gasteiger partial charge in [0.05, 0.1) is 23.8 Å². The van der Waals surface area contributed by atoms with Gasteiger partial charge in [0.15, 0.2) is 6.29 Å². The lowest BCUT2D eigenvalue weighted by molar-refractivity contribution is 0.0524. The number of carbonyl (C=O) groups excluding carboxylic acids is 2. The molecule has 82 valence electrons. The van der Waals surface area contributed by atoms with E-state index in [4.69, 9.17) is 10.00 Å². The smallest absolute Gasteiger partial charge is 0.338 e. The largest absolute Gasteiger partial charge is 0.462 e. The molecular weight excluding hydrogens is 206 g/mol. The third-order valence-electron chi connectivity index (χ3n) is 2.14. The fourth-order valence-electron chi connectivity index (χ4n) is 1.33. The maximum atomic E-state index is 11.5.